The van der Waals surface area contributed by atoms with Crippen molar-refractivity contribution in [1.29, 1.82) is 0 Å². The van der Waals surface area contributed by atoms with Gasteiger partial charge in [0.15, 0.2) is 0 Å². The maximum atomic E-state index is 14.5. The Morgan fingerprint density at radius 1 is 0.400 bits per heavy atom. The second-order valence-corrected chi connectivity index (χ2v) is 12.0. The molecule has 0 aliphatic rings. The van der Waals surface area contributed by atoms with Crippen LogP contribution in [0.25, 0.3) is 0 Å². The molecule has 4 aromatic rings. The molecule has 0 saturated carbocycles. The number of benzene rings is 4. The zero-order chi connectivity index (χ0) is 20.2. The fourth-order valence-corrected chi connectivity index (χ4v) is 9.68. The molecule has 0 atom stereocenters. The van der Waals surface area contributed by atoms with Gasteiger partial charge in [-0.2, -0.15) is 0 Å². The molecule has 6 heteroatoms. The van der Waals surface area contributed by atoms with E-state index in [0.29, 0.717) is 21.2 Å². The van der Waals surface area contributed by atoms with Crippen LogP contribution in [0.5, 0.6) is 0 Å². The zero-order valence-corrected chi connectivity index (χ0v) is 21.7. The average molecular weight is 456 g/mol. The van der Waals surface area contributed by atoms with Gasteiger partial charge >= 0.3 is 0 Å². The maximum absolute atomic E-state index is 14.5. The Hall–Kier alpha value is -1.06. The molecule has 0 heterocycles. The molecule has 1 radical (unpaired) electrons. The van der Waals surface area contributed by atoms with E-state index in [1.165, 1.54) is 0 Å². The van der Waals surface area contributed by atoms with Gasteiger partial charge in [-0.05, 0) is 48.5 Å². The molecule has 4 rings (SSSR count). The minimum atomic E-state index is -3.39. The van der Waals surface area contributed by atoms with E-state index in [4.69, 9.17) is 0 Å². The molecule has 0 aliphatic heterocycles. The summed E-state index contributed by atoms with van der Waals surface area (Å²) in [6, 6.07) is 36.9. The van der Waals surface area contributed by atoms with Gasteiger partial charge in [-0.3, -0.25) is 9.13 Å². The first kappa shape index (κ1) is 23.6. The summed E-state index contributed by atoms with van der Waals surface area (Å²) in [4.78, 5) is 3.18. The van der Waals surface area contributed by atoms with Crippen LogP contribution in [0.4, 0.5) is 0 Å². The summed E-state index contributed by atoms with van der Waals surface area (Å²) >= 11 is 0. The molecule has 1 N–H and O–H groups in total. The molecule has 0 bridgehead atoms. The van der Waals surface area contributed by atoms with Crippen molar-refractivity contribution in [3.8, 4) is 0 Å². The summed E-state index contributed by atoms with van der Waals surface area (Å²) in [6.45, 7) is 0. The van der Waals surface area contributed by atoms with Crippen LogP contribution >= 0.6 is 14.6 Å². The molecule has 145 valence electrons. The molecule has 3 nitrogen and oxygen atoms in total. The van der Waals surface area contributed by atoms with Gasteiger partial charge in [0, 0.05) is 72.6 Å². The minimum Gasteiger partial charge on any atom is -0.296 e. The molecule has 0 amide bonds. The number of hydrogen-bond donors (Lipinski definition) is 1. The summed E-state index contributed by atoms with van der Waals surface area (Å²) in [5.74, 6) is 0. The molecular weight excluding hydrogens is 435 g/mol. The van der Waals surface area contributed by atoms with Crippen molar-refractivity contribution < 1.29 is 9.13 Å². The second-order valence-electron chi connectivity index (χ2n) is 6.66. The smallest absolute Gasteiger partial charge is 0.210 e. The van der Waals surface area contributed by atoms with Crippen molar-refractivity contribution in [3.63, 3.8) is 0 Å². The fraction of sp³-hybridized carbons (Fsp3) is 0. The van der Waals surface area contributed by atoms with Crippen molar-refractivity contribution in [3.05, 3.63) is 121 Å². The van der Waals surface area contributed by atoms with Crippen molar-refractivity contribution >= 4 is 87.2 Å². The Bertz CT molecular complexity index is 989. The fourth-order valence-electron chi connectivity index (χ4n) is 3.28. The number of nitrogens with one attached hydrogen (secondary N) is 1. The van der Waals surface area contributed by atoms with E-state index in [1.54, 1.807) is 0 Å². The Balaban J connectivity index is 0.00000256. The van der Waals surface area contributed by atoms with Crippen LogP contribution in [-0.4, -0.2) is 51.4 Å². The van der Waals surface area contributed by atoms with Crippen LogP contribution in [0.3, 0.4) is 0 Å². The van der Waals surface area contributed by atoms with E-state index in [-0.39, 0.29) is 51.4 Å². The standard InChI is InChI=1S/C24H21NO2P2.K/c26-28(21-13-5-1-6-14-21,22-15-7-2-8-16-22)25-29(27,23-17-9-3-10-18-23)24-19-11-4-12-20-24;/h1-20H,(H,25,26,27);. The summed E-state index contributed by atoms with van der Waals surface area (Å²) in [7, 11) is -6.78. The van der Waals surface area contributed by atoms with Crippen LogP contribution in [0.2, 0.25) is 0 Å². The summed E-state index contributed by atoms with van der Waals surface area (Å²) in [5, 5.41) is 2.49. The largest absolute Gasteiger partial charge is 0.296 e. The Labute approximate surface area is 220 Å². The Morgan fingerprint density at radius 3 is 0.800 bits per heavy atom. The predicted molar refractivity (Wildman–Crippen MR) is 128 cm³/mol. The zero-order valence-electron chi connectivity index (χ0n) is 16.8. The van der Waals surface area contributed by atoms with Crippen LogP contribution in [0.1, 0.15) is 0 Å². The third-order valence-electron chi connectivity index (χ3n) is 4.76. The minimum absolute atomic E-state index is 0. The van der Waals surface area contributed by atoms with E-state index < -0.39 is 14.6 Å². The first-order chi connectivity index (χ1) is 14.1. The topological polar surface area (TPSA) is 46.2 Å². The third kappa shape index (κ3) is 4.88. The molecule has 30 heavy (non-hydrogen) atoms. The van der Waals surface area contributed by atoms with Gasteiger partial charge in [-0.15, -0.1) is 0 Å². The molecule has 0 fully saturated rings. The van der Waals surface area contributed by atoms with E-state index in [2.05, 4.69) is 4.86 Å². The molecular formula is C24H21KNO2P2. The van der Waals surface area contributed by atoms with Gasteiger partial charge in [-0.25, -0.2) is 4.86 Å². The molecule has 4 aromatic carbocycles. The SMILES string of the molecule is O=P(NP(=O)(c1ccccc1)c1ccccc1)(c1ccccc1)c1ccccc1.[K]. The molecule has 0 unspecified atom stereocenters. The normalized spacial score (nSPS) is 11.5. The first-order valence-electron chi connectivity index (χ1n) is 9.35. The van der Waals surface area contributed by atoms with E-state index in [1.807, 2.05) is 121 Å². The monoisotopic (exact) mass is 456 g/mol. The van der Waals surface area contributed by atoms with Crippen LogP contribution < -0.4 is 26.1 Å². The molecule has 0 spiro atoms. The van der Waals surface area contributed by atoms with Crippen molar-refractivity contribution in [2.45, 2.75) is 0 Å². The average Bonchev–Trinajstić information content (AvgIpc) is 2.81. The maximum Gasteiger partial charge on any atom is 0.210 e. The predicted octanol–water partition coefficient (Wildman–Crippen LogP) is 4.05. The third-order valence-corrected chi connectivity index (χ3v) is 11.1. The van der Waals surface area contributed by atoms with Gasteiger partial charge < -0.3 is 0 Å². The second kappa shape index (κ2) is 10.5. The van der Waals surface area contributed by atoms with Gasteiger partial charge in [0.1, 0.15) is 0 Å². The van der Waals surface area contributed by atoms with Gasteiger partial charge in [-0.1, -0.05) is 72.8 Å². The van der Waals surface area contributed by atoms with Gasteiger partial charge in [0.05, 0.1) is 0 Å². The van der Waals surface area contributed by atoms with Crippen molar-refractivity contribution in [1.82, 2.24) is 4.86 Å². The van der Waals surface area contributed by atoms with Gasteiger partial charge in [0.2, 0.25) is 14.6 Å². The number of hydrogen-bond acceptors (Lipinski definition) is 2. The number of rotatable bonds is 6. The van der Waals surface area contributed by atoms with E-state index in [0.717, 1.165) is 0 Å². The molecule has 0 saturated heterocycles. The van der Waals surface area contributed by atoms with Crippen LogP contribution in [0, 0.1) is 0 Å². The van der Waals surface area contributed by atoms with Crippen LogP contribution in [0.15, 0.2) is 121 Å². The van der Waals surface area contributed by atoms with Crippen LogP contribution in [-0.2, 0) is 9.13 Å². The molecule has 0 aliphatic carbocycles. The summed E-state index contributed by atoms with van der Waals surface area (Å²) < 4.78 is 29.0. The van der Waals surface area contributed by atoms with E-state index in [9.17, 15) is 9.13 Å². The first-order valence-corrected chi connectivity index (χ1v) is 12.8. The van der Waals surface area contributed by atoms with E-state index >= 15 is 0 Å². The van der Waals surface area contributed by atoms with Crippen molar-refractivity contribution in [2.75, 3.05) is 0 Å². The molecule has 0 aromatic heterocycles. The Morgan fingerprint density at radius 2 is 0.600 bits per heavy atom. The summed E-state index contributed by atoms with van der Waals surface area (Å²) in [5.41, 5.74) is 0. The van der Waals surface area contributed by atoms with Gasteiger partial charge in [0.25, 0.3) is 0 Å². The quantitative estimate of drug-likeness (QED) is 0.352. The van der Waals surface area contributed by atoms with Crippen molar-refractivity contribution in [2.24, 2.45) is 0 Å². The summed E-state index contributed by atoms with van der Waals surface area (Å²) in [6.07, 6.45) is 0. The Kier molecular flexibility index (Phi) is 8.26.